The largest absolute Gasteiger partial charge is 0.396 e. The molecule has 0 aromatic heterocycles. The fourth-order valence-electron chi connectivity index (χ4n) is 1.62. The molecule has 0 saturated carbocycles. The molecule has 0 rings (SSSR count). The molecule has 0 radical (unpaired) electrons. The van der Waals surface area contributed by atoms with Crippen LogP contribution >= 0.6 is 0 Å². The Morgan fingerprint density at radius 1 is 1.30 bits per heavy atom. The maximum Gasteiger partial charge on any atom is 0.222 e. The topological polar surface area (TPSA) is 63.0 Å². The van der Waals surface area contributed by atoms with E-state index in [0.717, 1.165) is 32.1 Å². The monoisotopic (exact) mass is 283 g/mol. The Labute approximate surface area is 122 Å². The summed E-state index contributed by atoms with van der Waals surface area (Å²) < 4.78 is 0. The predicted octanol–water partition coefficient (Wildman–Crippen LogP) is 2.80. The minimum Gasteiger partial charge on any atom is -0.396 e. The molecule has 1 unspecified atom stereocenters. The van der Waals surface area contributed by atoms with Crippen molar-refractivity contribution in [1.82, 2.24) is 5.32 Å². The summed E-state index contributed by atoms with van der Waals surface area (Å²) in [6.07, 6.45) is 9.18. The Morgan fingerprint density at radius 2 is 2.10 bits per heavy atom. The number of carbonyl (C=O) groups is 1. The van der Waals surface area contributed by atoms with Crippen LogP contribution in [0, 0.1) is 5.92 Å². The van der Waals surface area contributed by atoms with Crippen LogP contribution in [0.3, 0.4) is 0 Å². The molecule has 0 aromatic carbocycles. The third-order valence-electron chi connectivity index (χ3n) is 2.94. The summed E-state index contributed by atoms with van der Waals surface area (Å²) in [4.78, 5) is 20.6. The molecule has 0 aliphatic heterocycles. The number of hydrogen-bond donors (Lipinski definition) is 1. The Balaban J connectivity index is 3.39. The average Bonchev–Trinajstić information content (AvgIpc) is 2.46. The zero-order valence-corrected chi connectivity index (χ0v) is 13.1. The van der Waals surface area contributed by atoms with Gasteiger partial charge in [0.2, 0.25) is 5.91 Å². The molecule has 0 spiro atoms. The van der Waals surface area contributed by atoms with Crippen molar-refractivity contribution in [2.75, 3.05) is 20.2 Å². The first-order valence-electron chi connectivity index (χ1n) is 7.54. The van der Waals surface area contributed by atoms with Gasteiger partial charge in [0.25, 0.3) is 0 Å². The minimum absolute atomic E-state index is 0.121. The Bertz CT molecular complexity index is 291. The molecular formula is C15H29N3O2. The minimum atomic E-state index is 0.121. The van der Waals surface area contributed by atoms with Crippen molar-refractivity contribution < 1.29 is 9.63 Å². The molecule has 1 atom stereocenters. The quantitative estimate of drug-likeness (QED) is 0.340. The summed E-state index contributed by atoms with van der Waals surface area (Å²) in [7, 11) is 1.73. The zero-order valence-electron chi connectivity index (χ0n) is 13.1. The van der Waals surface area contributed by atoms with Gasteiger partial charge in [0.15, 0.2) is 0 Å². The van der Waals surface area contributed by atoms with Crippen molar-refractivity contribution in [1.29, 1.82) is 0 Å². The second-order valence-electron chi connectivity index (χ2n) is 4.84. The van der Waals surface area contributed by atoms with Crippen LogP contribution < -0.4 is 5.32 Å². The number of amides is 1. The van der Waals surface area contributed by atoms with E-state index in [1.165, 1.54) is 0 Å². The van der Waals surface area contributed by atoms with Gasteiger partial charge in [0, 0.05) is 38.4 Å². The van der Waals surface area contributed by atoms with Crippen molar-refractivity contribution in [2.45, 2.75) is 52.4 Å². The average molecular weight is 283 g/mol. The first-order valence-corrected chi connectivity index (χ1v) is 7.54. The maximum absolute atomic E-state index is 11.7. The van der Waals surface area contributed by atoms with Crippen LogP contribution in [0.5, 0.6) is 0 Å². The third-order valence-corrected chi connectivity index (χ3v) is 2.94. The number of nitrogens with zero attached hydrogens (tertiary/aromatic N) is 2. The van der Waals surface area contributed by atoms with Crippen LogP contribution in [0.15, 0.2) is 10.1 Å². The lowest BCUT2D eigenvalue weighted by Crippen LogP contribution is -2.30. The highest BCUT2D eigenvalue weighted by molar-refractivity contribution is 5.78. The SMILES string of the molecule is CCCCC(C)C(=O)NCCCCON=CCC=NC. The highest BCUT2D eigenvalue weighted by Crippen LogP contribution is 2.07. The molecular weight excluding hydrogens is 254 g/mol. The number of rotatable bonds is 12. The van der Waals surface area contributed by atoms with Crippen molar-refractivity contribution in [2.24, 2.45) is 16.1 Å². The van der Waals surface area contributed by atoms with Gasteiger partial charge in [-0.05, 0) is 19.3 Å². The van der Waals surface area contributed by atoms with E-state index in [4.69, 9.17) is 4.84 Å². The van der Waals surface area contributed by atoms with Gasteiger partial charge in [-0.25, -0.2) is 0 Å². The Hall–Kier alpha value is -1.39. The van der Waals surface area contributed by atoms with Gasteiger partial charge in [-0.3, -0.25) is 4.79 Å². The second kappa shape index (κ2) is 14.0. The second-order valence-corrected chi connectivity index (χ2v) is 4.84. The summed E-state index contributed by atoms with van der Waals surface area (Å²) in [6.45, 7) is 5.43. The van der Waals surface area contributed by atoms with E-state index >= 15 is 0 Å². The smallest absolute Gasteiger partial charge is 0.222 e. The standard InChI is InChI=1S/C15H29N3O2/c1-4-5-9-14(2)15(19)17-11-6-7-13-20-18-12-8-10-16-3/h10,12,14H,4-9,11,13H2,1-3H3,(H,17,19). The highest BCUT2D eigenvalue weighted by atomic mass is 16.6. The van der Waals surface area contributed by atoms with Gasteiger partial charge < -0.3 is 15.1 Å². The molecule has 0 aromatic rings. The van der Waals surface area contributed by atoms with Crippen LogP contribution in [-0.2, 0) is 9.63 Å². The molecule has 0 bridgehead atoms. The zero-order chi connectivity index (χ0) is 15.1. The van der Waals surface area contributed by atoms with Gasteiger partial charge in [-0.1, -0.05) is 31.8 Å². The number of unbranched alkanes of at least 4 members (excludes halogenated alkanes) is 2. The lowest BCUT2D eigenvalue weighted by molar-refractivity contribution is -0.124. The molecule has 0 saturated heterocycles. The normalized spacial score (nSPS) is 12.9. The van der Waals surface area contributed by atoms with Crippen molar-refractivity contribution >= 4 is 18.3 Å². The van der Waals surface area contributed by atoms with Crippen LogP contribution in [0.25, 0.3) is 0 Å². The fourth-order valence-corrected chi connectivity index (χ4v) is 1.62. The van der Waals surface area contributed by atoms with E-state index in [-0.39, 0.29) is 11.8 Å². The van der Waals surface area contributed by atoms with Gasteiger partial charge in [0.1, 0.15) is 6.61 Å². The fraction of sp³-hybridized carbons (Fsp3) is 0.800. The molecule has 0 aliphatic carbocycles. The first kappa shape index (κ1) is 18.6. The molecule has 0 heterocycles. The van der Waals surface area contributed by atoms with E-state index in [0.29, 0.717) is 19.6 Å². The van der Waals surface area contributed by atoms with Gasteiger partial charge in [0.05, 0.1) is 0 Å². The first-order chi connectivity index (χ1) is 9.72. The summed E-state index contributed by atoms with van der Waals surface area (Å²) in [5.74, 6) is 0.285. The number of hydrogen-bond acceptors (Lipinski definition) is 4. The van der Waals surface area contributed by atoms with Crippen molar-refractivity contribution in [3.8, 4) is 0 Å². The number of aliphatic imine (C=N–C) groups is 1. The lowest BCUT2D eigenvalue weighted by Gasteiger charge is -2.11. The maximum atomic E-state index is 11.7. The molecule has 0 fully saturated rings. The Kier molecular flexibility index (Phi) is 13.1. The summed E-state index contributed by atoms with van der Waals surface area (Å²) in [5, 5.41) is 6.76. The molecule has 116 valence electrons. The van der Waals surface area contributed by atoms with E-state index < -0.39 is 0 Å². The summed E-state index contributed by atoms with van der Waals surface area (Å²) >= 11 is 0. The number of oxime groups is 1. The van der Waals surface area contributed by atoms with Gasteiger partial charge >= 0.3 is 0 Å². The van der Waals surface area contributed by atoms with Gasteiger partial charge in [-0.15, -0.1) is 0 Å². The molecule has 0 aliphatic rings. The molecule has 5 heteroatoms. The molecule has 1 amide bonds. The van der Waals surface area contributed by atoms with Crippen molar-refractivity contribution in [3.63, 3.8) is 0 Å². The Morgan fingerprint density at radius 3 is 2.80 bits per heavy atom. The van der Waals surface area contributed by atoms with Crippen molar-refractivity contribution in [3.05, 3.63) is 0 Å². The van der Waals surface area contributed by atoms with Gasteiger partial charge in [-0.2, -0.15) is 0 Å². The van der Waals surface area contributed by atoms with Crippen LogP contribution in [0.4, 0.5) is 0 Å². The van der Waals surface area contributed by atoms with Crippen LogP contribution in [0.2, 0.25) is 0 Å². The molecule has 20 heavy (non-hydrogen) atoms. The van der Waals surface area contributed by atoms with E-state index in [2.05, 4.69) is 22.4 Å². The summed E-state index contributed by atoms with van der Waals surface area (Å²) in [6, 6.07) is 0. The van der Waals surface area contributed by atoms with Crippen LogP contribution in [0.1, 0.15) is 52.4 Å². The number of nitrogens with one attached hydrogen (secondary N) is 1. The molecule has 5 nitrogen and oxygen atoms in total. The van der Waals surface area contributed by atoms with E-state index in [9.17, 15) is 4.79 Å². The predicted molar refractivity (Wildman–Crippen MR) is 84.4 cm³/mol. The summed E-state index contributed by atoms with van der Waals surface area (Å²) in [5.41, 5.74) is 0. The van der Waals surface area contributed by atoms with E-state index in [1.54, 1.807) is 19.5 Å². The molecule has 1 N–H and O–H groups in total. The van der Waals surface area contributed by atoms with Crippen LogP contribution in [-0.4, -0.2) is 38.5 Å². The number of carbonyl (C=O) groups excluding carboxylic acids is 1. The lowest BCUT2D eigenvalue weighted by atomic mass is 10.0. The van der Waals surface area contributed by atoms with E-state index in [1.807, 2.05) is 6.92 Å². The highest BCUT2D eigenvalue weighted by Gasteiger charge is 2.10. The third kappa shape index (κ3) is 11.7.